The summed E-state index contributed by atoms with van der Waals surface area (Å²) in [5.41, 5.74) is 0. The molecule has 1 heterocycles. The van der Waals surface area contributed by atoms with Gasteiger partial charge in [-0.05, 0) is 27.7 Å². The van der Waals surface area contributed by atoms with Crippen molar-refractivity contribution < 1.29 is 9.53 Å². The second-order valence-corrected chi connectivity index (χ2v) is 4.22. The van der Waals surface area contributed by atoms with Gasteiger partial charge in [0.05, 0.1) is 7.11 Å². The van der Waals surface area contributed by atoms with Crippen molar-refractivity contribution in [3.05, 3.63) is 11.9 Å². The quantitative estimate of drug-likeness (QED) is 0.844. The summed E-state index contributed by atoms with van der Waals surface area (Å²) in [6.45, 7) is 8.94. The van der Waals surface area contributed by atoms with Gasteiger partial charge in [-0.25, -0.2) is 4.98 Å². The maximum Gasteiger partial charge on any atom is 0.244 e. The highest BCUT2D eigenvalue weighted by molar-refractivity contribution is 5.84. The molecular weight excluding hydrogens is 244 g/mol. The minimum absolute atomic E-state index is 0.0558. The fourth-order valence-electron chi connectivity index (χ4n) is 1.81. The second kappa shape index (κ2) is 6.92. The van der Waals surface area contributed by atoms with Crippen molar-refractivity contribution in [3.8, 4) is 5.88 Å². The van der Waals surface area contributed by atoms with Crippen molar-refractivity contribution in [2.75, 3.05) is 25.5 Å². The number of nitrogens with one attached hydrogen (secondary N) is 1. The molecule has 0 radical (unpaired) electrons. The van der Waals surface area contributed by atoms with E-state index in [4.69, 9.17) is 4.74 Å². The molecule has 0 spiro atoms. The van der Waals surface area contributed by atoms with Crippen LogP contribution in [-0.2, 0) is 4.79 Å². The number of amides is 1. The molecule has 6 heteroatoms. The van der Waals surface area contributed by atoms with Crippen molar-refractivity contribution in [2.45, 2.75) is 33.7 Å². The summed E-state index contributed by atoms with van der Waals surface area (Å²) in [6, 6.07) is 1.35. The average Bonchev–Trinajstić information content (AvgIpc) is 2.39. The van der Waals surface area contributed by atoms with Crippen LogP contribution in [0.15, 0.2) is 6.07 Å². The van der Waals surface area contributed by atoms with Crippen LogP contribution in [0.2, 0.25) is 0 Å². The number of hydrogen-bond acceptors (Lipinski definition) is 5. The van der Waals surface area contributed by atoms with Gasteiger partial charge >= 0.3 is 0 Å². The number of likely N-dealkylation sites (N-methyl/N-ethyl adjacent to an activating group) is 1. The summed E-state index contributed by atoms with van der Waals surface area (Å²) >= 11 is 0. The van der Waals surface area contributed by atoms with E-state index in [0.717, 1.165) is 0 Å². The van der Waals surface area contributed by atoms with Gasteiger partial charge in [-0.3, -0.25) is 4.79 Å². The van der Waals surface area contributed by atoms with E-state index in [9.17, 15) is 4.79 Å². The Balaban J connectivity index is 2.78. The lowest BCUT2D eigenvalue weighted by molar-refractivity contribution is -0.131. The van der Waals surface area contributed by atoms with Crippen LogP contribution < -0.4 is 10.1 Å². The van der Waals surface area contributed by atoms with Crippen LogP contribution >= 0.6 is 0 Å². The van der Waals surface area contributed by atoms with Gasteiger partial charge in [0.15, 0.2) is 0 Å². The van der Waals surface area contributed by atoms with E-state index in [1.165, 1.54) is 0 Å². The first-order valence-electron chi connectivity index (χ1n) is 6.46. The SMILES string of the molecule is CCN(CC)C(=O)C(C)Nc1cc(OC)nc(C)n1. The summed E-state index contributed by atoms with van der Waals surface area (Å²) in [5.74, 6) is 1.74. The van der Waals surface area contributed by atoms with Gasteiger partial charge in [-0.1, -0.05) is 0 Å². The zero-order chi connectivity index (χ0) is 14.4. The topological polar surface area (TPSA) is 67.4 Å². The lowest BCUT2D eigenvalue weighted by Crippen LogP contribution is -2.41. The number of hydrogen-bond donors (Lipinski definition) is 1. The highest BCUT2D eigenvalue weighted by Crippen LogP contribution is 2.14. The largest absolute Gasteiger partial charge is 0.481 e. The Morgan fingerprint density at radius 1 is 1.42 bits per heavy atom. The van der Waals surface area contributed by atoms with Crippen molar-refractivity contribution in [1.82, 2.24) is 14.9 Å². The van der Waals surface area contributed by atoms with Crippen LogP contribution in [0.3, 0.4) is 0 Å². The monoisotopic (exact) mass is 266 g/mol. The molecule has 0 bridgehead atoms. The van der Waals surface area contributed by atoms with Gasteiger partial charge in [0, 0.05) is 19.2 Å². The number of carbonyl (C=O) groups excluding carboxylic acids is 1. The molecule has 1 unspecified atom stereocenters. The minimum Gasteiger partial charge on any atom is -0.481 e. The van der Waals surface area contributed by atoms with Gasteiger partial charge < -0.3 is 15.0 Å². The van der Waals surface area contributed by atoms with Crippen LogP contribution in [0.5, 0.6) is 5.88 Å². The number of nitrogens with zero attached hydrogens (tertiary/aromatic N) is 3. The van der Waals surface area contributed by atoms with E-state index >= 15 is 0 Å². The molecule has 0 aliphatic rings. The third kappa shape index (κ3) is 4.08. The molecule has 1 N–H and O–H groups in total. The maximum absolute atomic E-state index is 12.1. The predicted molar refractivity (Wildman–Crippen MR) is 74.3 cm³/mol. The second-order valence-electron chi connectivity index (χ2n) is 4.22. The molecule has 1 aromatic heterocycles. The van der Waals surface area contributed by atoms with E-state index in [2.05, 4.69) is 15.3 Å². The lowest BCUT2D eigenvalue weighted by atomic mass is 10.2. The van der Waals surface area contributed by atoms with Gasteiger partial charge in [0.25, 0.3) is 0 Å². The third-order valence-corrected chi connectivity index (χ3v) is 2.83. The van der Waals surface area contributed by atoms with Gasteiger partial charge in [-0.2, -0.15) is 4.98 Å². The Bertz CT molecular complexity index is 433. The molecule has 0 aliphatic carbocycles. The normalized spacial score (nSPS) is 11.8. The van der Waals surface area contributed by atoms with E-state index in [-0.39, 0.29) is 11.9 Å². The smallest absolute Gasteiger partial charge is 0.244 e. The first-order chi connectivity index (χ1) is 9.01. The Morgan fingerprint density at radius 3 is 2.58 bits per heavy atom. The molecule has 1 rings (SSSR count). The molecule has 106 valence electrons. The van der Waals surface area contributed by atoms with Crippen molar-refractivity contribution in [2.24, 2.45) is 0 Å². The summed E-state index contributed by atoms with van der Waals surface area (Å²) in [4.78, 5) is 22.3. The molecule has 0 aromatic carbocycles. The van der Waals surface area contributed by atoms with E-state index in [0.29, 0.717) is 30.6 Å². The summed E-state index contributed by atoms with van der Waals surface area (Å²) in [5, 5.41) is 3.08. The minimum atomic E-state index is -0.334. The lowest BCUT2D eigenvalue weighted by Gasteiger charge is -2.23. The zero-order valence-electron chi connectivity index (χ0n) is 12.2. The standard InChI is InChI=1S/C13H22N4O2/c1-6-17(7-2)13(18)9(3)14-11-8-12(19-5)16-10(4)15-11/h8-9H,6-7H2,1-5H3,(H,14,15,16). The number of aryl methyl sites for hydroxylation is 1. The Kier molecular flexibility index (Phi) is 5.54. The van der Waals surface area contributed by atoms with E-state index in [1.807, 2.05) is 20.8 Å². The highest BCUT2D eigenvalue weighted by atomic mass is 16.5. The molecule has 1 atom stereocenters. The fourth-order valence-corrected chi connectivity index (χ4v) is 1.81. The molecule has 19 heavy (non-hydrogen) atoms. The number of carbonyl (C=O) groups is 1. The molecule has 6 nitrogen and oxygen atoms in total. The molecule has 0 fully saturated rings. The molecule has 0 saturated heterocycles. The van der Waals surface area contributed by atoms with E-state index < -0.39 is 0 Å². The van der Waals surface area contributed by atoms with Crippen molar-refractivity contribution in [3.63, 3.8) is 0 Å². The van der Waals surface area contributed by atoms with Crippen LogP contribution in [0, 0.1) is 6.92 Å². The number of methoxy groups -OCH3 is 1. The Labute approximate surface area is 114 Å². The summed E-state index contributed by atoms with van der Waals surface area (Å²) in [6.07, 6.45) is 0. The molecule has 1 aromatic rings. The fraction of sp³-hybridized carbons (Fsp3) is 0.615. The van der Waals surface area contributed by atoms with Gasteiger partial charge in [-0.15, -0.1) is 0 Å². The Hall–Kier alpha value is -1.85. The van der Waals surface area contributed by atoms with Crippen molar-refractivity contribution >= 4 is 11.7 Å². The average molecular weight is 266 g/mol. The van der Waals surface area contributed by atoms with Crippen LogP contribution in [0.25, 0.3) is 0 Å². The number of rotatable bonds is 6. The van der Waals surface area contributed by atoms with Crippen molar-refractivity contribution in [1.29, 1.82) is 0 Å². The number of anilines is 1. The summed E-state index contributed by atoms with van der Waals surface area (Å²) in [7, 11) is 1.55. The molecule has 1 amide bonds. The number of ether oxygens (including phenoxy) is 1. The predicted octanol–water partition coefficient (Wildman–Crippen LogP) is 1.46. The molecule has 0 saturated carbocycles. The first-order valence-corrected chi connectivity index (χ1v) is 6.46. The van der Waals surface area contributed by atoms with Crippen LogP contribution in [0.4, 0.5) is 5.82 Å². The van der Waals surface area contributed by atoms with Gasteiger partial charge in [0.1, 0.15) is 17.7 Å². The highest BCUT2D eigenvalue weighted by Gasteiger charge is 2.18. The molecule has 0 aliphatic heterocycles. The molecular formula is C13H22N4O2. The van der Waals surface area contributed by atoms with Crippen LogP contribution in [-0.4, -0.2) is 47.0 Å². The first kappa shape index (κ1) is 15.2. The zero-order valence-corrected chi connectivity index (χ0v) is 12.2. The third-order valence-electron chi connectivity index (χ3n) is 2.83. The van der Waals surface area contributed by atoms with Gasteiger partial charge in [0.2, 0.25) is 11.8 Å². The summed E-state index contributed by atoms with van der Waals surface area (Å²) < 4.78 is 5.08. The van der Waals surface area contributed by atoms with E-state index in [1.54, 1.807) is 25.0 Å². The Morgan fingerprint density at radius 2 is 2.05 bits per heavy atom. The maximum atomic E-state index is 12.1. The number of aromatic nitrogens is 2. The van der Waals surface area contributed by atoms with Crippen LogP contribution in [0.1, 0.15) is 26.6 Å².